The zero-order valence-electron chi connectivity index (χ0n) is 14.5. The Morgan fingerprint density at radius 3 is 2.46 bits per heavy atom. The number of benzene rings is 1. The topological polar surface area (TPSA) is 78.5 Å². The van der Waals surface area contributed by atoms with Gasteiger partial charge in [-0.2, -0.15) is 0 Å². The third kappa shape index (κ3) is 4.34. The van der Waals surface area contributed by atoms with E-state index in [1.165, 1.54) is 0 Å². The Bertz CT molecular complexity index is 610. The highest BCUT2D eigenvalue weighted by molar-refractivity contribution is 5.98. The zero-order valence-corrected chi connectivity index (χ0v) is 14.5. The van der Waals surface area contributed by atoms with Crippen LogP contribution in [0.25, 0.3) is 0 Å². The van der Waals surface area contributed by atoms with Crippen LogP contribution in [-0.4, -0.2) is 41.8 Å². The van der Waals surface area contributed by atoms with Crippen molar-refractivity contribution in [2.45, 2.75) is 39.7 Å². The van der Waals surface area contributed by atoms with Crippen LogP contribution in [0.2, 0.25) is 0 Å². The van der Waals surface area contributed by atoms with Gasteiger partial charge in [-0.15, -0.1) is 0 Å². The van der Waals surface area contributed by atoms with Gasteiger partial charge in [0.1, 0.15) is 0 Å². The first-order valence-electron chi connectivity index (χ1n) is 8.41. The lowest BCUT2D eigenvalue weighted by Crippen LogP contribution is -2.33. The molecule has 0 aliphatic carbocycles. The lowest BCUT2D eigenvalue weighted by Gasteiger charge is -2.20. The number of hydrogen-bond acceptors (Lipinski definition) is 3. The Balaban J connectivity index is 1.93. The zero-order chi connectivity index (χ0) is 17.7. The van der Waals surface area contributed by atoms with Crippen molar-refractivity contribution in [1.82, 2.24) is 10.2 Å². The highest BCUT2D eigenvalue weighted by Gasteiger charge is 2.35. The minimum Gasteiger partial charge on any atom is -0.352 e. The van der Waals surface area contributed by atoms with Gasteiger partial charge in [-0.1, -0.05) is 6.92 Å². The molecule has 0 bridgehead atoms. The molecule has 0 saturated carbocycles. The summed E-state index contributed by atoms with van der Waals surface area (Å²) in [5.74, 6) is -0.584. The number of hydrogen-bond donors (Lipinski definition) is 2. The maximum absolute atomic E-state index is 12.3. The fourth-order valence-electron chi connectivity index (χ4n) is 2.70. The number of likely N-dealkylation sites (tertiary alicyclic amines) is 1. The predicted octanol–water partition coefficient (Wildman–Crippen LogP) is 2.02. The lowest BCUT2D eigenvalue weighted by molar-refractivity contribution is -0.129. The number of carbonyl (C=O) groups is 3. The van der Waals surface area contributed by atoms with E-state index in [2.05, 4.69) is 10.6 Å². The maximum Gasteiger partial charge on any atom is 0.251 e. The van der Waals surface area contributed by atoms with Crippen LogP contribution in [0, 0.1) is 5.92 Å². The van der Waals surface area contributed by atoms with Crippen molar-refractivity contribution in [3.8, 4) is 0 Å². The van der Waals surface area contributed by atoms with Crippen LogP contribution in [0.3, 0.4) is 0 Å². The van der Waals surface area contributed by atoms with Crippen molar-refractivity contribution >= 4 is 23.4 Å². The molecule has 6 heteroatoms. The number of carbonyl (C=O) groups excluding carboxylic acids is 3. The molecule has 6 nitrogen and oxygen atoms in total. The summed E-state index contributed by atoms with van der Waals surface area (Å²) in [7, 11) is 0. The number of anilines is 1. The summed E-state index contributed by atoms with van der Waals surface area (Å²) in [6.45, 7) is 6.98. The molecule has 1 saturated heterocycles. The highest BCUT2D eigenvalue weighted by atomic mass is 16.2. The minimum atomic E-state index is -0.326. The van der Waals surface area contributed by atoms with Gasteiger partial charge in [0, 0.05) is 36.8 Å². The molecule has 0 aromatic heterocycles. The molecular weight excluding hydrogens is 306 g/mol. The van der Waals surface area contributed by atoms with Gasteiger partial charge in [-0.05, 0) is 44.5 Å². The Labute approximate surface area is 142 Å². The van der Waals surface area contributed by atoms with Crippen molar-refractivity contribution in [3.63, 3.8) is 0 Å². The molecule has 0 radical (unpaired) electrons. The first kappa shape index (κ1) is 18.0. The van der Waals surface area contributed by atoms with Crippen LogP contribution >= 0.6 is 0 Å². The summed E-state index contributed by atoms with van der Waals surface area (Å²) in [6, 6.07) is 6.88. The second-order valence-electron chi connectivity index (χ2n) is 6.36. The van der Waals surface area contributed by atoms with Crippen LogP contribution in [0.4, 0.5) is 5.69 Å². The van der Waals surface area contributed by atoms with Crippen LogP contribution in [0.1, 0.15) is 44.0 Å². The van der Waals surface area contributed by atoms with Crippen molar-refractivity contribution in [3.05, 3.63) is 29.8 Å². The van der Waals surface area contributed by atoms with E-state index in [9.17, 15) is 14.4 Å². The van der Waals surface area contributed by atoms with E-state index in [0.717, 1.165) is 6.42 Å². The second-order valence-corrected chi connectivity index (χ2v) is 6.36. The lowest BCUT2D eigenvalue weighted by atomic mass is 10.1. The summed E-state index contributed by atoms with van der Waals surface area (Å²) < 4.78 is 0. The fourth-order valence-corrected chi connectivity index (χ4v) is 2.70. The molecule has 1 aromatic rings. The summed E-state index contributed by atoms with van der Waals surface area (Å²) in [4.78, 5) is 37.8. The molecule has 1 atom stereocenters. The average Bonchev–Trinajstić information content (AvgIpc) is 2.95. The van der Waals surface area contributed by atoms with Crippen LogP contribution in [0.5, 0.6) is 0 Å². The van der Waals surface area contributed by atoms with E-state index in [1.807, 2.05) is 20.8 Å². The smallest absolute Gasteiger partial charge is 0.251 e. The van der Waals surface area contributed by atoms with Crippen LogP contribution in [0.15, 0.2) is 24.3 Å². The predicted molar refractivity (Wildman–Crippen MR) is 92.7 cm³/mol. The van der Waals surface area contributed by atoms with Gasteiger partial charge in [0.2, 0.25) is 11.8 Å². The Kier molecular flexibility index (Phi) is 5.95. The third-order valence-corrected chi connectivity index (χ3v) is 4.10. The molecule has 24 heavy (non-hydrogen) atoms. The van der Waals surface area contributed by atoms with Crippen molar-refractivity contribution in [2.24, 2.45) is 5.92 Å². The summed E-state index contributed by atoms with van der Waals surface area (Å²) >= 11 is 0. The molecule has 1 fully saturated rings. The van der Waals surface area contributed by atoms with E-state index >= 15 is 0 Å². The van der Waals surface area contributed by atoms with E-state index < -0.39 is 0 Å². The summed E-state index contributed by atoms with van der Waals surface area (Å²) in [5.41, 5.74) is 1.19. The van der Waals surface area contributed by atoms with E-state index in [4.69, 9.17) is 0 Å². The molecule has 3 amide bonds. The van der Waals surface area contributed by atoms with Crippen LogP contribution in [-0.2, 0) is 9.59 Å². The van der Waals surface area contributed by atoms with Gasteiger partial charge in [0.25, 0.3) is 5.91 Å². The van der Waals surface area contributed by atoms with Crippen molar-refractivity contribution in [1.29, 1.82) is 0 Å². The molecule has 1 aliphatic heterocycles. The fraction of sp³-hybridized carbons (Fsp3) is 0.500. The molecule has 1 aliphatic rings. The molecule has 2 rings (SSSR count). The molecule has 1 aromatic carbocycles. The molecular formula is C18H25N3O3. The van der Waals surface area contributed by atoms with Gasteiger partial charge >= 0.3 is 0 Å². The van der Waals surface area contributed by atoms with E-state index in [1.54, 1.807) is 29.2 Å². The van der Waals surface area contributed by atoms with Gasteiger partial charge in [0.15, 0.2) is 0 Å². The number of rotatable bonds is 6. The number of nitrogens with one attached hydrogen (secondary N) is 2. The van der Waals surface area contributed by atoms with Gasteiger partial charge in [-0.3, -0.25) is 14.4 Å². The quantitative estimate of drug-likeness (QED) is 0.837. The first-order chi connectivity index (χ1) is 11.4. The van der Waals surface area contributed by atoms with Crippen molar-refractivity contribution < 1.29 is 14.4 Å². The highest BCUT2D eigenvalue weighted by Crippen LogP contribution is 2.22. The molecule has 130 valence electrons. The van der Waals surface area contributed by atoms with E-state index in [0.29, 0.717) is 24.3 Å². The van der Waals surface area contributed by atoms with Crippen LogP contribution < -0.4 is 10.6 Å². The first-order valence-corrected chi connectivity index (χ1v) is 8.41. The summed E-state index contributed by atoms with van der Waals surface area (Å²) in [6.07, 6.45) is 1.13. The SMILES string of the molecule is CCCNC(=O)c1ccc(NC(=O)C2CC(=O)N(C(C)C)C2)cc1. The number of nitrogens with zero attached hydrogens (tertiary/aromatic N) is 1. The van der Waals surface area contributed by atoms with Gasteiger partial charge in [-0.25, -0.2) is 0 Å². The van der Waals surface area contributed by atoms with E-state index in [-0.39, 0.29) is 36.1 Å². The summed E-state index contributed by atoms with van der Waals surface area (Å²) in [5, 5.41) is 5.63. The monoisotopic (exact) mass is 331 g/mol. The molecule has 1 unspecified atom stereocenters. The molecule has 2 N–H and O–H groups in total. The average molecular weight is 331 g/mol. The normalized spacial score (nSPS) is 17.2. The van der Waals surface area contributed by atoms with Crippen molar-refractivity contribution in [2.75, 3.05) is 18.4 Å². The minimum absolute atomic E-state index is 0.0214. The Morgan fingerprint density at radius 2 is 1.92 bits per heavy atom. The van der Waals surface area contributed by atoms with Gasteiger partial charge < -0.3 is 15.5 Å². The standard InChI is InChI=1S/C18H25N3O3/c1-4-9-19-17(23)13-5-7-15(8-6-13)20-18(24)14-10-16(22)21(11-14)12(2)3/h5-8,12,14H,4,9-11H2,1-3H3,(H,19,23)(H,20,24). The maximum atomic E-state index is 12.3. The Hall–Kier alpha value is -2.37. The Morgan fingerprint density at radius 1 is 1.25 bits per heavy atom. The van der Waals surface area contributed by atoms with Gasteiger partial charge in [0.05, 0.1) is 5.92 Å². The molecule has 0 spiro atoms. The second kappa shape index (κ2) is 7.95. The largest absolute Gasteiger partial charge is 0.352 e. The number of amides is 3. The molecule has 1 heterocycles. The third-order valence-electron chi connectivity index (χ3n) is 4.10.